The molecule has 0 aromatic heterocycles. The van der Waals surface area contributed by atoms with Gasteiger partial charge in [-0.2, -0.15) is 0 Å². The lowest BCUT2D eigenvalue weighted by Gasteiger charge is -2.16. The molecule has 7 heteroatoms. The molecule has 0 spiro atoms. The van der Waals surface area contributed by atoms with Gasteiger partial charge in [-0.3, -0.25) is 14.4 Å². The van der Waals surface area contributed by atoms with Gasteiger partial charge >= 0.3 is 0 Å². The number of hydrogen-bond donors (Lipinski definition) is 2. The van der Waals surface area contributed by atoms with Crippen LogP contribution >= 0.6 is 11.6 Å². The average Bonchev–Trinajstić information content (AvgIpc) is 3.12. The molecule has 2 N–H and O–H groups in total. The molecule has 146 valence electrons. The van der Waals surface area contributed by atoms with Crippen molar-refractivity contribution in [3.8, 4) is 0 Å². The van der Waals surface area contributed by atoms with E-state index in [2.05, 4.69) is 10.6 Å². The third-order valence-electron chi connectivity index (χ3n) is 4.65. The quantitative estimate of drug-likeness (QED) is 0.783. The Morgan fingerprint density at radius 1 is 1.18 bits per heavy atom. The van der Waals surface area contributed by atoms with Gasteiger partial charge in [-0.1, -0.05) is 23.7 Å². The number of carbonyl (C=O) groups excluding carboxylic acids is 3. The van der Waals surface area contributed by atoms with E-state index in [0.29, 0.717) is 23.6 Å². The second-order valence-corrected chi connectivity index (χ2v) is 7.16. The van der Waals surface area contributed by atoms with E-state index in [1.807, 2.05) is 19.1 Å². The van der Waals surface area contributed by atoms with Crippen molar-refractivity contribution < 1.29 is 14.4 Å². The number of rotatable bonds is 6. The molecule has 2 aromatic rings. The van der Waals surface area contributed by atoms with E-state index in [1.54, 1.807) is 41.3 Å². The fourth-order valence-electron chi connectivity index (χ4n) is 3.13. The first-order valence-corrected chi connectivity index (χ1v) is 9.55. The third kappa shape index (κ3) is 4.89. The number of nitrogens with zero attached hydrogens (tertiary/aromatic N) is 1. The van der Waals surface area contributed by atoms with Gasteiger partial charge in [0.1, 0.15) is 0 Å². The third-order valence-corrected chi connectivity index (χ3v) is 4.89. The lowest BCUT2D eigenvalue weighted by atomic mass is 10.1. The van der Waals surface area contributed by atoms with Crippen LogP contribution in [0.5, 0.6) is 0 Å². The Kier molecular flexibility index (Phi) is 6.31. The van der Waals surface area contributed by atoms with Gasteiger partial charge in [0.15, 0.2) is 0 Å². The summed E-state index contributed by atoms with van der Waals surface area (Å²) in [5, 5.41) is 6.03. The van der Waals surface area contributed by atoms with Crippen molar-refractivity contribution in [1.29, 1.82) is 0 Å². The van der Waals surface area contributed by atoms with Crippen LogP contribution in [0.1, 0.15) is 41.7 Å². The summed E-state index contributed by atoms with van der Waals surface area (Å²) >= 11 is 5.97. The molecule has 0 aliphatic carbocycles. The van der Waals surface area contributed by atoms with Crippen molar-refractivity contribution in [3.63, 3.8) is 0 Å². The molecule has 1 aliphatic heterocycles. The molecule has 1 aliphatic rings. The molecular formula is C21H22ClN3O3. The van der Waals surface area contributed by atoms with E-state index in [0.717, 1.165) is 17.7 Å². The van der Waals surface area contributed by atoms with Crippen LogP contribution in [0.15, 0.2) is 48.5 Å². The molecule has 1 fully saturated rings. The van der Waals surface area contributed by atoms with Crippen LogP contribution in [0, 0.1) is 0 Å². The molecule has 6 nitrogen and oxygen atoms in total. The molecule has 3 amide bonds. The first-order chi connectivity index (χ1) is 13.4. The number of carbonyl (C=O) groups is 3. The van der Waals surface area contributed by atoms with E-state index in [1.165, 1.54) is 0 Å². The van der Waals surface area contributed by atoms with E-state index in [9.17, 15) is 14.4 Å². The van der Waals surface area contributed by atoms with Crippen molar-refractivity contribution in [2.24, 2.45) is 0 Å². The van der Waals surface area contributed by atoms with Crippen LogP contribution in [-0.2, 0) is 9.59 Å². The summed E-state index contributed by atoms with van der Waals surface area (Å²) in [4.78, 5) is 37.9. The molecule has 2 aromatic carbocycles. The van der Waals surface area contributed by atoms with Crippen molar-refractivity contribution >= 4 is 35.0 Å². The van der Waals surface area contributed by atoms with Gasteiger partial charge in [0.25, 0.3) is 5.91 Å². The smallest absolute Gasteiger partial charge is 0.251 e. The number of hydrogen-bond acceptors (Lipinski definition) is 3. The van der Waals surface area contributed by atoms with Crippen molar-refractivity contribution in [2.45, 2.75) is 25.8 Å². The van der Waals surface area contributed by atoms with Crippen LogP contribution in [0.25, 0.3) is 0 Å². The fourth-order valence-corrected chi connectivity index (χ4v) is 3.33. The van der Waals surface area contributed by atoms with Crippen molar-refractivity contribution in [2.75, 3.05) is 18.0 Å². The fraction of sp³-hybridized carbons (Fsp3) is 0.286. The normalized spacial score (nSPS) is 14.6. The molecule has 1 atom stereocenters. The second kappa shape index (κ2) is 8.89. The Labute approximate surface area is 168 Å². The molecule has 0 radical (unpaired) electrons. The summed E-state index contributed by atoms with van der Waals surface area (Å²) in [5.41, 5.74) is 2.11. The molecule has 28 heavy (non-hydrogen) atoms. The van der Waals surface area contributed by atoms with Crippen LogP contribution < -0.4 is 15.5 Å². The molecule has 0 saturated carbocycles. The van der Waals surface area contributed by atoms with E-state index in [-0.39, 0.29) is 30.3 Å². The Morgan fingerprint density at radius 3 is 2.57 bits per heavy atom. The molecular weight excluding hydrogens is 378 g/mol. The standard InChI is InChI=1S/C21H22ClN3O3/c1-14(16-4-2-5-17(22)12-16)24-19(26)13-23-21(28)15-7-9-18(10-8-15)25-11-3-6-20(25)27/h2,4-5,7-10,12,14H,3,6,11,13H2,1H3,(H,23,28)(H,24,26)/t14-/m0/s1. The predicted molar refractivity (Wildman–Crippen MR) is 108 cm³/mol. The Morgan fingerprint density at radius 2 is 1.93 bits per heavy atom. The summed E-state index contributed by atoms with van der Waals surface area (Å²) in [5.74, 6) is -0.535. The minimum atomic E-state index is -0.343. The number of amides is 3. The first-order valence-electron chi connectivity index (χ1n) is 9.17. The monoisotopic (exact) mass is 399 g/mol. The van der Waals surface area contributed by atoms with Gasteiger partial charge < -0.3 is 15.5 Å². The van der Waals surface area contributed by atoms with E-state index < -0.39 is 0 Å². The minimum Gasteiger partial charge on any atom is -0.348 e. The van der Waals surface area contributed by atoms with Gasteiger partial charge in [0.2, 0.25) is 11.8 Å². The summed E-state index contributed by atoms with van der Waals surface area (Å²) in [6.07, 6.45) is 1.41. The number of benzene rings is 2. The highest BCUT2D eigenvalue weighted by atomic mass is 35.5. The predicted octanol–water partition coefficient (Wildman–Crippen LogP) is 3.07. The minimum absolute atomic E-state index is 0.0997. The summed E-state index contributed by atoms with van der Waals surface area (Å²) in [6.45, 7) is 2.43. The lowest BCUT2D eigenvalue weighted by Crippen LogP contribution is -2.38. The van der Waals surface area contributed by atoms with Gasteiger partial charge in [0.05, 0.1) is 12.6 Å². The van der Waals surface area contributed by atoms with Crippen LogP contribution in [0.3, 0.4) is 0 Å². The largest absolute Gasteiger partial charge is 0.348 e. The van der Waals surface area contributed by atoms with Crippen LogP contribution in [0.4, 0.5) is 5.69 Å². The first kappa shape index (κ1) is 19.9. The van der Waals surface area contributed by atoms with Gasteiger partial charge in [-0.25, -0.2) is 0 Å². The van der Waals surface area contributed by atoms with E-state index in [4.69, 9.17) is 11.6 Å². The summed E-state index contributed by atoms with van der Waals surface area (Å²) in [6, 6.07) is 13.8. The highest BCUT2D eigenvalue weighted by Gasteiger charge is 2.21. The summed E-state index contributed by atoms with van der Waals surface area (Å²) < 4.78 is 0. The van der Waals surface area contributed by atoms with Crippen molar-refractivity contribution in [3.05, 3.63) is 64.7 Å². The number of nitrogens with one attached hydrogen (secondary N) is 2. The Hall–Kier alpha value is -2.86. The zero-order chi connectivity index (χ0) is 20.1. The molecule has 1 heterocycles. The molecule has 3 rings (SSSR count). The maximum absolute atomic E-state index is 12.3. The maximum atomic E-state index is 12.3. The van der Waals surface area contributed by atoms with Crippen molar-refractivity contribution in [1.82, 2.24) is 10.6 Å². The van der Waals surface area contributed by atoms with Gasteiger partial charge in [-0.05, 0) is 55.3 Å². The van der Waals surface area contributed by atoms with E-state index >= 15 is 0 Å². The number of halogens is 1. The Bertz CT molecular complexity index is 883. The maximum Gasteiger partial charge on any atom is 0.251 e. The molecule has 0 bridgehead atoms. The zero-order valence-corrected chi connectivity index (χ0v) is 16.3. The molecule has 0 unspecified atom stereocenters. The second-order valence-electron chi connectivity index (χ2n) is 6.72. The van der Waals surface area contributed by atoms with Crippen LogP contribution in [-0.4, -0.2) is 30.8 Å². The highest BCUT2D eigenvalue weighted by molar-refractivity contribution is 6.30. The van der Waals surface area contributed by atoms with Gasteiger partial charge in [0, 0.05) is 29.2 Å². The van der Waals surface area contributed by atoms with Crippen LogP contribution in [0.2, 0.25) is 5.02 Å². The highest BCUT2D eigenvalue weighted by Crippen LogP contribution is 2.21. The molecule has 1 saturated heterocycles. The number of anilines is 1. The average molecular weight is 400 g/mol. The topological polar surface area (TPSA) is 78.5 Å². The lowest BCUT2D eigenvalue weighted by molar-refractivity contribution is -0.120. The Balaban J connectivity index is 1.50. The zero-order valence-electron chi connectivity index (χ0n) is 15.6. The SMILES string of the molecule is C[C@H](NC(=O)CNC(=O)c1ccc(N2CCCC2=O)cc1)c1cccc(Cl)c1. The van der Waals surface area contributed by atoms with Gasteiger partial charge in [-0.15, -0.1) is 0 Å². The summed E-state index contributed by atoms with van der Waals surface area (Å²) in [7, 11) is 0.